The van der Waals surface area contributed by atoms with E-state index in [9.17, 15) is 0 Å². The molecule has 0 aliphatic rings. The SMILES string of the molecule is CSCc1nnc2sc(-c3ccc(Cl)c(Cl)c3)nn12. The third-order valence-corrected chi connectivity index (χ3v) is 4.73. The number of thioether (sulfide) groups is 1. The predicted octanol–water partition coefficient (Wildman–Crippen LogP) is 4.02. The Morgan fingerprint density at radius 3 is 2.84 bits per heavy atom. The van der Waals surface area contributed by atoms with Crippen molar-refractivity contribution in [3.63, 3.8) is 0 Å². The van der Waals surface area contributed by atoms with Gasteiger partial charge in [0.1, 0.15) is 5.01 Å². The van der Waals surface area contributed by atoms with Gasteiger partial charge in [-0.3, -0.25) is 0 Å². The van der Waals surface area contributed by atoms with Crippen LogP contribution in [-0.2, 0) is 5.75 Å². The summed E-state index contributed by atoms with van der Waals surface area (Å²) in [5.41, 5.74) is 0.931. The van der Waals surface area contributed by atoms with E-state index in [0.29, 0.717) is 10.0 Å². The normalized spacial score (nSPS) is 11.3. The predicted molar refractivity (Wildman–Crippen MR) is 81.3 cm³/mol. The lowest BCUT2D eigenvalue weighted by Crippen LogP contribution is -1.93. The number of hydrogen-bond donors (Lipinski definition) is 0. The monoisotopic (exact) mass is 330 g/mol. The van der Waals surface area contributed by atoms with Gasteiger partial charge >= 0.3 is 0 Å². The van der Waals surface area contributed by atoms with Gasteiger partial charge in [0.25, 0.3) is 0 Å². The molecule has 2 aromatic heterocycles. The van der Waals surface area contributed by atoms with Gasteiger partial charge in [0, 0.05) is 5.56 Å². The minimum Gasteiger partial charge on any atom is -0.186 e. The zero-order valence-corrected chi connectivity index (χ0v) is 12.9. The number of rotatable bonds is 3. The number of halogens is 2. The van der Waals surface area contributed by atoms with Crippen molar-refractivity contribution in [2.24, 2.45) is 0 Å². The molecule has 0 aliphatic carbocycles. The van der Waals surface area contributed by atoms with E-state index in [0.717, 1.165) is 27.1 Å². The molecule has 0 atom stereocenters. The summed E-state index contributed by atoms with van der Waals surface area (Å²) in [5, 5.41) is 14.7. The Morgan fingerprint density at radius 1 is 1.26 bits per heavy atom. The summed E-state index contributed by atoms with van der Waals surface area (Å²) in [5.74, 6) is 1.64. The molecule has 98 valence electrons. The molecule has 0 radical (unpaired) electrons. The van der Waals surface area contributed by atoms with Crippen molar-refractivity contribution in [1.82, 2.24) is 19.8 Å². The topological polar surface area (TPSA) is 43.1 Å². The van der Waals surface area contributed by atoms with E-state index in [1.54, 1.807) is 22.3 Å². The molecule has 2 heterocycles. The number of fused-ring (bicyclic) bond motifs is 1. The third-order valence-electron chi connectivity index (χ3n) is 2.50. The van der Waals surface area contributed by atoms with Crippen LogP contribution in [0.25, 0.3) is 15.5 Å². The molecule has 0 saturated heterocycles. The van der Waals surface area contributed by atoms with Gasteiger partial charge in [-0.15, -0.1) is 10.2 Å². The van der Waals surface area contributed by atoms with Crippen LogP contribution in [0.3, 0.4) is 0 Å². The molecule has 19 heavy (non-hydrogen) atoms. The van der Waals surface area contributed by atoms with E-state index >= 15 is 0 Å². The van der Waals surface area contributed by atoms with Crippen molar-refractivity contribution in [2.45, 2.75) is 5.75 Å². The zero-order chi connectivity index (χ0) is 13.4. The lowest BCUT2D eigenvalue weighted by Gasteiger charge is -1.98. The molecule has 0 amide bonds. The van der Waals surface area contributed by atoms with Crippen LogP contribution in [0, 0.1) is 0 Å². The average molecular weight is 331 g/mol. The smallest absolute Gasteiger partial charge is 0.186 e. The van der Waals surface area contributed by atoms with Crippen LogP contribution in [0.1, 0.15) is 5.82 Å². The molecule has 0 spiro atoms. The van der Waals surface area contributed by atoms with Crippen molar-refractivity contribution < 1.29 is 0 Å². The fourth-order valence-electron chi connectivity index (χ4n) is 1.62. The average Bonchev–Trinajstić information content (AvgIpc) is 2.95. The summed E-state index contributed by atoms with van der Waals surface area (Å²) in [6.45, 7) is 0. The van der Waals surface area contributed by atoms with E-state index in [1.165, 1.54) is 11.3 Å². The molecule has 0 aliphatic heterocycles. The van der Waals surface area contributed by atoms with E-state index in [2.05, 4.69) is 15.3 Å². The van der Waals surface area contributed by atoms with Crippen LogP contribution >= 0.6 is 46.3 Å². The minimum atomic E-state index is 0.523. The molecule has 3 rings (SSSR count). The highest BCUT2D eigenvalue weighted by Crippen LogP contribution is 2.31. The van der Waals surface area contributed by atoms with Crippen LogP contribution in [0.15, 0.2) is 18.2 Å². The highest BCUT2D eigenvalue weighted by molar-refractivity contribution is 7.97. The van der Waals surface area contributed by atoms with Gasteiger partial charge in [0.2, 0.25) is 4.96 Å². The number of nitrogens with zero attached hydrogens (tertiary/aromatic N) is 4. The number of hydrogen-bond acceptors (Lipinski definition) is 5. The summed E-state index contributed by atoms with van der Waals surface area (Å²) < 4.78 is 1.78. The molecule has 0 N–H and O–H groups in total. The van der Waals surface area contributed by atoms with Gasteiger partial charge in [-0.1, -0.05) is 40.6 Å². The Kier molecular flexibility index (Phi) is 3.66. The van der Waals surface area contributed by atoms with Gasteiger partial charge < -0.3 is 0 Å². The first-order valence-corrected chi connectivity index (χ1v) is 8.31. The summed E-state index contributed by atoms with van der Waals surface area (Å²) in [6, 6.07) is 5.47. The van der Waals surface area contributed by atoms with Gasteiger partial charge in [-0.2, -0.15) is 21.4 Å². The zero-order valence-electron chi connectivity index (χ0n) is 9.80. The molecule has 4 nitrogen and oxygen atoms in total. The first-order valence-electron chi connectivity index (χ1n) is 5.34. The Labute approximate surface area is 127 Å². The van der Waals surface area contributed by atoms with E-state index < -0.39 is 0 Å². The molecule has 8 heteroatoms. The van der Waals surface area contributed by atoms with E-state index in [4.69, 9.17) is 23.2 Å². The third kappa shape index (κ3) is 2.45. The second kappa shape index (κ2) is 5.28. The molecular weight excluding hydrogens is 323 g/mol. The molecule has 0 bridgehead atoms. The largest absolute Gasteiger partial charge is 0.235 e. The summed E-state index contributed by atoms with van der Waals surface area (Å²) in [6.07, 6.45) is 2.02. The van der Waals surface area contributed by atoms with Crippen molar-refractivity contribution in [3.05, 3.63) is 34.1 Å². The molecule has 0 unspecified atom stereocenters. The fraction of sp³-hybridized carbons (Fsp3) is 0.182. The van der Waals surface area contributed by atoms with Crippen molar-refractivity contribution >= 4 is 51.3 Å². The number of aromatic nitrogens is 4. The van der Waals surface area contributed by atoms with Gasteiger partial charge in [-0.05, 0) is 18.4 Å². The highest BCUT2D eigenvalue weighted by atomic mass is 35.5. The number of benzene rings is 1. The first-order chi connectivity index (χ1) is 9.19. The van der Waals surface area contributed by atoms with Crippen molar-refractivity contribution in [1.29, 1.82) is 0 Å². The van der Waals surface area contributed by atoms with Crippen molar-refractivity contribution in [2.75, 3.05) is 6.26 Å². The van der Waals surface area contributed by atoms with Crippen LogP contribution in [0.4, 0.5) is 0 Å². The van der Waals surface area contributed by atoms with Crippen molar-refractivity contribution in [3.8, 4) is 10.6 Å². The fourth-order valence-corrected chi connectivity index (χ4v) is 3.21. The maximum Gasteiger partial charge on any atom is 0.235 e. The maximum atomic E-state index is 6.02. The summed E-state index contributed by atoms with van der Waals surface area (Å²) in [4.78, 5) is 0.783. The molecule has 0 saturated carbocycles. The van der Waals surface area contributed by atoms with E-state index in [-0.39, 0.29) is 0 Å². The van der Waals surface area contributed by atoms with Gasteiger partial charge in [-0.25, -0.2) is 0 Å². The summed E-state index contributed by atoms with van der Waals surface area (Å²) in [7, 11) is 0. The standard InChI is InChI=1S/C11H8Cl2N4S2/c1-18-5-9-14-15-11-17(9)16-10(19-11)6-2-3-7(12)8(13)4-6/h2-4H,5H2,1H3. The van der Waals surface area contributed by atoms with Crippen LogP contribution in [0.2, 0.25) is 10.0 Å². The quantitative estimate of drug-likeness (QED) is 0.727. The first kappa shape index (κ1) is 13.2. The highest BCUT2D eigenvalue weighted by Gasteiger charge is 2.13. The van der Waals surface area contributed by atoms with Crippen LogP contribution in [0.5, 0.6) is 0 Å². The molecular formula is C11H8Cl2N4S2. The van der Waals surface area contributed by atoms with Gasteiger partial charge in [0.05, 0.1) is 15.8 Å². The molecule has 0 fully saturated rings. The van der Waals surface area contributed by atoms with E-state index in [1.807, 2.05) is 18.4 Å². The van der Waals surface area contributed by atoms with Crippen LogP contribution in [-0.4, -0.2) is 26.1 Å². The maximum absolute atomic E-state index is 6.02. The second-order valence-electron chi connectivity index (χ2n) is 3.78. The Morgan fingerprint density at radius 2 is 2.11 bits per heavy atom. The van der Waals surface area contributed by atoms with Crippen LogP contribution < -0.4 is 0 Å². The van der Waals surface area contributed by atoms with Gasteiger partial charge in [0.15, 0.2) is 5.82 Å². The Hall–Kier alpha value is -0.820. The lowest BCUT2D eigenvalue weighted by molar-refractivity contribution is 0.888. The lowest BCUT2D eigenvalue weighted by atomic mass is 10.2. The summed E-state index contributed by atoms with van der Waals surface area (Å²) >= 11 is 15.1. The molecule has 3 aromatic rings. The minimum absolute atomic E-state index is 0.523. The second-order valence-corrected chi connectivity index (χ2v) is 6.42. The Bertz CT molecular complexity index is 737. The Balaban J connectivity index is 2.07. The molecule has 1 aromatic carbocycles.